The quantitative estimate of drug-likeness (QED) is 0.619. The average molecular weight is 283 g/mol. The second kappa shape index (κ2) is 4.81. The number of sulfone groups is 1. The SMILES string of the molecule is O=S1(=O)CCC(NS(=O)(=O)N2CCNCC2)C1. The molecule has 0 aromatic heterocycles. The molecule has 1 unspecified atom stereocenters. The topological polar surface area (TPSA) is 95.6 Å². The van der Waals surface area contributed by atoms with Crippen LogP contribution in [0.15, 0.2) is 0 Å². The minimum atomic E-state index is -3.54. The van der Waals surface area contributed by atoms with E-state index in [2.05, 4.69) is 10.0 Å². The van der Waals surface area contributed by atoms with Gasteiger partial charge >= 0.3 is 0 Å². The van der Waals surface area contributed by atoms with Crippen molar-refractivity contribution in [2.75, 3.05) is 37.7 Å². The fourth-order valence-electron chi connectivity index (χ4n) is 2.06. The molecule has 2 aliphatic heterocycles. The average Bonchev–Trinajstić information content (AvgIpc) is 2.58. The van der Waals surface area contributed by atoms with E-state index in [0.717, 1.165) is 0 Å². The van der Waals surface area contributed by atoms with Gasteiger partial charge < -0.3 is 5.32 Å². The Bertz CT molecular complexity index is 467. The highest BCUT2D eigenvalue weighted by atomic mass is 32.2. The molecule has 1 atom stereocenters. The molecule has 2 N–H and O–H groups in total. The number of piperazine rings is 1. The molecule has 0 aliphatic carbocycles. The first-order valence-corrected chi connectivity index (χ1v) is 8.84. The van der Waals surface area contributed by atoms with Gasteiger partial charge in [-0.25, -0.2) is 8.42 Å². The molecule has 2 saturated heterocycles. The smallest absolute Gasteiger partial charge is 0.279 e. The van der Waals surface area contributed by atoms with Gasteiger partial charge in [0.1, 0.15) is 0 Å². The van der Waals surface area contributed by atoms with E-state index in [0.29, 0.717) is 32.6 Å². The van der Waals surface area contributed by atoms with E-state index < -0.39 is 26.1 Å². The van der Waals surface area contributed by atoms with Gasteiger partial charge in [0.2, 0.25) is 0 Å². The van der Waals surface area contributed by atoms with E-state index in [1.807, 2.05) is 0 Å². The summed E-state index contributed by atoms with van der Waals surface area (Å²) in [7, 11) is -6.59. The number of hydrogen-bond donors (Lipinski definition) is 2. The largest absolute Gasteiger partial charge is 0.314 e. The van der Waals surface area contributed by atoms with Crippen LogP contribution in [0.2, 0.25) is 0 Å². The summed E-state index contributed by atoms with van der Waals surface area (Å²) in [4.78, 5) is 0. The molecule has 2 aliphatic rings. The zero-order chi connectivity index (χ0) is 12.5. The van der Waals surface area contributed by atoms with Gasteiger partial charge in [-0.3, -0.25) is 0 Å². The van der Waals surface area contributed by atoms with Crippen LogP contribution in [0.1, 0.15) is 6.42 Å². The molecule has 2 heterocycles. The van der Waals surface area contributed by atoms with Gasteiger partial charge in [0.05, 0.1) is 11.5 Å². The minimum absolute atomic E-state index is 0.0712. The van der Waals surface area contributed by atoms with Gasteiger partial charge in [0, 0.05) is 32.2 Å². The van der Waals surface area contributed by atoms with Crippen LogP contribution in [-0.2, 0) is 20.0 Å². The zero-order valence-electron chi connectivity index (χ0n) is 9.42. The highest BCUT2D eigenvalue weighted by Gasteiger charge is 2.33. The van der Waals surface area contributed by atoms with Gasteiger partial charge in [0.25, 0.3) is 10.2 Å². The summed E-state index contributed by atoms with van der Waals surface area (Å²) in [6.45, 7) is 2.11. The van der Waals surface area contributed by atoms with E-state index in [1.165, 1.54) is 4.31 Å². The fraction of sp³-hybridized carbons (Fsp3) is 1.00. The number of rotatable bonds is 3. The predicted molar refractivity (Wildman–Crippen MR) is 63.6 cm³/mol. The molecule has 9 heteroatoms. The van der Waals surface area contributed by atoms with Crippen LogP contribution in [0.4, 0.5) is 0 Å². The summed E-state index contributed by atoms with van der Waals surface area (Å²) in [5, 5.41) is 3.06. The lowest BCUT2D eigenvalue weighted by Crippen LogP contribution is -2.52. The maximum atomic E-state index is 11.9. The first-order chi connectivity index (χ1) is 7.89. The predicted octanol–water partition coefficient (Wildman–Crippen LogP) is -2.09. The maximum Gasteiger partial charge on any atom is 0.279 e. The lowest BCUT2D eigenvalue weighted by Gasteiger charge is -2.27. The van der Waals surface area contributed by atoms with E-state index in [9.17, 15) is 16.8 Å². The van der Waals surface area contributed by atoms with Crippen molar-refractivity contribution in [3.8, 4) is 0 Å². The molecule has 0 radical (unpaired) electrons. The Morgan fingerprint density at radius 1 is 1.24 bits per heavy atom. The number of nitrogens with one attached hydrogen (secondary N) is 2. The normalized spacial score (nSPS) is 30.5. The third-order valence-electron chi connectivity index (χ3n) is 2.96. The van der Waals surface area contributed by atoms with Crippen molar-refractivity contribution >= 4 is 20.0 Å². The van der Waals surface area contributed by atoms with Gasteiger partial charge in [-0.15, -0.1) is 0 Å². The molecular weight excluding hydrogens is 266 g/mol. The zero-order valence-corrected chi connectivity index (χ0v) is 11.1. The minimum Gasteiger partial charge on any atom is -0.314 e. The molecule has 0 saturated carbocycles. The molecule has 100 valence electrons. The van der Waals surface area contributed by atoms with E-state index in [-0.39, 0.29) is 11.5 Å². The summed E-state index contributed by atoms with van der Waals surface area (Å²) >= 11 is 0. The van der Waals surface area contributed by atoms with Crippen LogP contribution in [0.5, 0.6) is 0 Å². The summed E-state index contributed by atoms with van der Waals surface area (Å²) in [5.41, 5.74) is 0. The number of nitrogens with zero attached hydrogens (tertiary/aromatic N) is 1. The summed E-state index contributed by atoms with van der Waals surface area (Å²) in [6.07, 6.45) is 0.369. The van der Waals surface area contributed by atoms with E-state index in [1.54, 1.807) is 0 Å². The lowest BCUT2D eigenvalue weighted by atomic mass is 10.3. The lowest BCUT2D eigenvalue weighted by molar-refractivity contribution is 0.352. The van der Waals surface area contributed by atoms with Crippen molar-refractivity contribution in [3.63, 3.8) is 0 Å². The molecule has 17 heavy (non-hydrogen) atoms. The molecule has 0 amide bonds. The highest BCUT2D eigenvalue weighted by Crippen LogP contribution is 2.13. The van der Waals surface area contributed by atoms with Crippen LogP contribution >= 0.6 is 0 Å². The van der Waals surface area contributed by atoms with Gasteiger partial charge in [0.15, 0.2) is 9.84 Å². The van der Waals surface area contributed by atoms with E-state index >= 15 is 0 Å². The van der Waals surface area contributed by atoms with Crippen LogP contribution in [0, 0.1) is 0 Å². The Balaban J connectivity index is 1.98. The van der Waals surface area contributed by atoms with Crippen LogP contribution in [0.25, 0.3) is 0 Å². The maximum absolute atomic E-state index is 11.9. The van der Waals surface area contributed by atoms with E-state index in [4.69, 9.17) is 0 Å². The summed E-state index contributed by atoms with van der Waals surface area (Å²) in [6, 6.07) is -0.472. The van der Waals surface area contributed by atoms with Gasteiger partial charge in [-0.2, -0.15) is 17.4 Å². The van der Waals surface area contributed by atoms with Crippen molar-refractivity contribution in [3.05, 3.63) is 0 Å². The third kappa shape index (κ3) is 3.38. The standard InChI is InChI=1S/C8H17N3O4S2/c12-16(13)6-1-8(7-16)10-17(14,15)11-4-2-9-3-5-11/h8-10H,1-7H2. The first-order valence-electron chi connectivity index (χ1n) is 5.58. The molecule has 0 spiro atoms. The molecular formula is C8H17N3O4S2. The third-order valence-corrected chi connectivity index (χ3v) is 6.41. The second-order valence-corrected chi connectivity index (χ2v) is 8.30. The molecule has 0 aromatic carbocycles. The molecule has 7 nitrogen and oxygen atoms in total. The summed E-state index contributed by atoms with van der Waals surface area (Å²) in [5.74, 6) is -0.0138. The Kier molecular flexibility index (Phi) is 3.74. The summed E-state index contributed by atoms with van der Waals surface area (Å²) < 4.78 is 50.2. The van der Waals surface area contributed by atoms with Crippen molar-refractivity contribution in [2.45, 2.75) is 12.5 Å². The van der Waals surface area contributed by atoms with Crippen molar-refractivity contribution in [1.82, 2.24) is 14.3 Å². The number of hydrogen-bond acceptors (Lipinski definition) is 5. The monoisotopic (exact) mass is 283 g/mol. The molecule has 2 rings (SSSR count). The van der Waals surface area contributed by atoms with Crippen molar-refractivity contribution in [2.24, 2.45) is 0 Å². The van der Waals surface area contributed by atoms with Gasteiger partial charge in [-0.1, -0.05) is 0 Å². The second-order valence-electron chi connectivity index (χ2n) is 4.37. The Morgan fingerprint density at radius 2 is 1.88 bits per heavy atom. The van der Waals surface area contributed by atoms with Crippen LogP contribution in [-0.4, -0.2) is 64.9 Å². The Morgan fingerprint density at radius 3 is 2.41 bits per heavy atom. The molecule has 0 aromatic rings. The Hall–Kier alpha value is -0.220. The van der Waals surface area contributed by atoms with Gasteiger partial charge in [-0.05, 0) is 6.42 Å². The Labute approximate surface area is 102 Å². The van der Waals surface area contributed by atoms with Crippen molar-refractivity contribution in [1.29, 1.82) is 0 Å². The molecule has 2 fully saturated rings. The fourth-order valence-corrected chi connectivity index (χ4v) is 5.27. The first kappa shape index (κ1) is 13.2. The van der Waals surface area contributed by atoms with Crippen molar-refractivity contribution < 1.29 is 16.8 Å². The van der Waals surface area contributed by atoms with Crippen LogP contribution in [0.3, 0.4) is 0 Å². The van der Waals surface area contributed by atoms with Crippen LogP contribution < -0.4 is 10.0 Å². The highest BCUT2D eigenvalue weighted by molar-refractivity contribution is 7.91. The molecule has 0 bridgehead atoms.